The number of pyridine rings is 1. The lowest BCUT2D eigenvalue weighted by Gasteiger charge is -2.26. The first-order valence-electron chi connectivity index (χ1n) is 6.14. The molecule has 0 aliphatic carbocycles. The molecule has 0 bridgehead atoms. The minimum atomic E-state index is -0.365. The molecule has 20 heavy (non-hydrogen) atoms. The minimum Gasteiger partial charge on any atom is -0.335 e. The lowest BCUT2D eigenvalue weighted by atomic mass is 10.1. The number of amides is 1. The van der Waals surface area contributed by atoms with E-state index in [0.29, 0.717) is 15.7 Å². The molecule has 1 aromatic carbocycles. The monoisotopic (exact) mass is 336 g/mol. The molecule has 1 amide bonds. The van der Waals surface area contributed by atoms with Crippen LogP contribution in [0.25, 0.3) is 0 Å². The van der Waals surface area contributed by atoms with Gasteiger partial charge in [0.05, 0.1) is 11.6 Å². The van der Waals surface area contributed by atoms with Crippen molar-refractivity contribution in [1.82, 2.24) is 9.88 Å². The highest BCUT2D eigenvalue weighted by molar-refractivity contribution is 9.10. The van der Waals surface area contributed by atoms with Crippen LogP contribution in [0, 0.1) is 5.82 Å². The quantitative estimate of drug-likeness (QED) is 0.798. The first-order valence-corrected chi connectivity index (χ1v) is 6.93. The van der Waals surface area contributed by atoms with Crippen LogP contribution in [-0.4, -0.2) is 22.8 Å². The molecule has 0 aliphatic rings. The van der Waals surface area contributed by atoms with Crippen LogP contribution in [0.1, 0.15) is 28.9 Å². The van der Waals surface area contributed by atoms with Crippen LogP contribution in [0.3, 0.4) is 0 Å². The van der Waals surface area contributed by atoms with Crippen molar-refractivity contribution >= 4 is 21.8 Å². The molecular weight excluding hydrogens is 323 g/mol. The Balaban J connectivity index is 2.28. The van der Waals surface area contributed by atoms with Gasteiger partial charge >= 0.3 is 0 Å². The van der Waals surface area contributed by atoms with Crippen LogP contribution in [-0.2, 0) is 0 Å². The molecule has 5 heteroatoms. The molecule has 0 radical (unpaired) electrons. The van der Waals surface area contributed by atoms with E-state index in [1.165, 1.54) is 11.0 Å². The second-order valence-corrected chi connectivity index (χ2v) is 5.21. The SMILES string of the molecule is CC(c1ccccc1F)N(C)C(=O)c1cccnc1Br. The largest absolute Gasteiger partial charge is 0.335 e. The van der Waals surface area contributed by atoms with Gasteiger partial charge < -0.3 is 4.90 Å². The van der Waals surface area contributed by atoms with Crippen molar-refractivity contribution in [3.05, 3.63) is 64.1 Å². The molecule has 3 nitrogen and oxygen atoms in total. The van der Waals surface area contributed by atoms with Crippen LogP contribution in [0.15, 0.2) is 47.2 Å². The molecule has 0 saturated heterocycles. The van der Waals surface area contributed by atoms with Crippen molar-refractivity contribution in [3.8, 4) is 0 Å². The third kappa shape index (κ3) is 2.88. The maximum atomic E-state index is 13.8. The van der Waals surface area contributed by atoms with Crippen molar-refractivity contribution in [3.63, 3.8) is 0 Å². The van der Waals surface area contributed by atoms with Crippen LogP contribution in [0.2, 0.25) is 0 Å². The number of hydrogen-bond donors (Lipinski definition) is 0. The summed E-state index contributed by atoms with van der Waals surface area (Å²) in [4.78, 5) is 18.0. The lowest BCUT2D eigenvalue weighted by Crippen LogP contribution is -2.30. The zero-order valence-electron chi connectivity index (χ0n) is 11.2. The highest BCUT2D eigenvalue weighted by Gasteiger charge is 2.22. The predicted octanol–water partition coefficient (Wildman–Crippen LogP) is 3.82. The van der Waals surface area contributed by atoms with Gasteiger partial charge in [-0.1, -0.05) is 18.2 Å². The van der Waals surface area contributed by atoms with Crippen molar-refractivity contribution in [2.24, 2.45) is 0 Å². The first kappa shape index (κ1) is 14.7. The zero-order valence-corrected chi connectivity index (χ0v) is 12.8. The number of nitrogens with zero attached hydrogens (tertiary/aromatic N) is 2. The van der Waals surface area contributed by atoms with E-state index in [1.807, 2.05) is 0 Å². The summed E-state index contributed by atoms with van der Waals surface area (Å²) < 4.78 is 14.3. The van der Waals surface area contributed by atoms with Crippen molar-refractivity contribution in [2.75, 3.05) is 7.05 Å². The number of hydrogen-bond acceptors (Lipinski definition) is 2. The summed E-state index contributed by atoms with van der Waals surface area (Å²) in [5.41, 5.74) is 0.946. The second-order valence-electron chi connectivity index (χ2n) is 4.46. The van der Waals surface area contributed by atoms with E-state index < -0.39 is 0 Å². The summed E-state index contributed by atoms with van der Waals surface area (Å²) in [6.45, 7) is 1.79. The van der Waals surface area contributed by atoms with E-state index in [-0.39, 0.29) is 17.8 Å². The first-order chi connectivity index (χ1) is 9.52. The van der Waals surface area contributed by atoms with Gasteiger partial charge in [0.15, 0.2) is 0 Å². The van der Waals surface area contributed by atoms with Crippen LogP contribution < -0.4 is 0 Å². The molecule has 1 atom stereocenters. The molecule has 1 heterocycles. The van der Waals surface area contributed by atoms with E-state index in [4.69, 9.17) is 0 Å². The zero-order chi connectivity index (χ0) is 14.7. The van der Waals surface area contributed by atoms with E-state index in [2.05, 4.69) is 20.9 Å². The Kier molecular flexibility index (Phi) is 4.49. The van der Waals surface area contributed by atoms with Gasteiger partial charge in [0.25, 0.3) is 5.91 Å². The average molecular weight is 337 g/mol. The van der Waals surface area contributed by atoms with Crippen LogP contribution in [0.5, 0.6) is 0 Å². The van der Waals surface area contributed by atoms with Gasteiger partial charge in [-0.25, -0.2) is 9.37 Å². The second kappa shape index (κ2) is 6.13. The fourth-order valence-corrected chi connectivity index (χ4v) is 2.35. The molecule has 0 aliphatic heterocycles. The molecule has 2 aromatic rings. The Bertz CT molecular complexity index is 633. The number of halogens is 2. The van der Waals surface area contributed by atoms with Crippen molar-refractivity contribution in [1.29, 1.82) is 0 Å². The van der Waals surface area contributed by atoms with Gasteiger partial charge in [-0.15, -0.1) is 0 Å². The van der Waals surface area contributed by atoms with E-state index in [0.717, 1.165) is 0 Å². The molecule has 0 saturated carbocycles. The van der Waals surface area contributed by atoms with Crippen molar-refractivity contribution < 1.29 is 9.18 Å². The van der Waals surface area contributed by atoms with Gasteiger partial charge in [-0.05, 0) is 41.1 Å². The van der Waals surface area contributed by atoms with Gasteiger partial charge in [-0.2, -0.15) is 0 Å². The summed E-state index contributed by atoms with van der Waals surface area (Å²) in [6, 6.07) is 9.48. The maximum absolute atomic E-state index is 13.8. The van der Waals surface area contributed by atoms with E-state index in [9.17, 15) is 9.18 Å². The van der Waals surface area contributed by atoms with E-state index in [1.54, 1.807) is 50.5 Å². The Morgan fingerprint density at radius 1 is 1.30 bits per heavy atom. The van der Waals surface area contributed by atoms with Gasteiger partial charge in [0, 0.05) is 18.8 Å². The molecule has 0 spiro atoms. The Morgan fingerprint density at radius 2 is 2.00 bits per heavy atom. The van der Waals surface area contributed by atoms with E-state index >= 15 is 0 Å². The number of benzene rings is 1. The fourth-order valence-electron chi connectivity index (χ4n) is 1.93. The smallest absolute Gasteiger partial charge is 0.256 e. The average Bonchev–Trinajstić information content (AvgIpc) is 2.46. The van der Waals surface area contributed by atoms with Gasteiger partial charge in [0.2, 0.25) is 0 Å². The molecular formula is C15H14BrFN2O. The minimum absolute atomic E-state index is 0.208. The topological polar surface area (TPSA) is 33.2 Å². The van der Waals surface area contributed by atoms with Crippen molar-refractivity contribution in [2.45, 2.75) is 13.0 Å². The summed E-state index contributed by atoms with van der Waals surface area (Å²) in [6.07, 6.45) is 1.60. The maximum Gasteiger partial charge on any atom is 0.256 e. The number of carbonyl (C=O) groups excluding carboxylic acids is 1. The third-order valence-electron chi connectivity index (χ3n) is 3.25. The molecule has 0 N–H and O–H groups in total. The molecule has 1 aromatic heterocycles. The molecule has 2 rings (SSSR count). The third-order valence-corrected chi connectivity index (χ3v) is 3.88. The normalized spacial score (nSPS) is 12.0. The molecule has 1 unspecified atom stereocenters. The van der Waals surface area contributed by atoms with Gasteiger partial charge in [-0.3, -0.25) is 4.79 Å². The standard InChI is InChI=1S/C15H14BrFN2O/c1-10(11-6-3-4-8-13(11)17)19(2)15(20)12-7-5-9-18-14(12)16/h3-10H,1-2H3. The summed E-state index contributed by atoms with van der Waals surface area (Å²) >= 11 is 3.25. The molecule has 0 fully saturated rings. The predicted molar refractivity (Wildman–Crippen MR) is 78.8 cm³/mol. The van der Waals surface area contributed by atoms with Gasteiger partial charge in [0.1, 0.15) is 10.4 Å². The highest BCUT2D eigenvalue weighted by atomic mass is 79.9. The number of rotatable bonds is 3. The van der Waals surface area contributed by atoms with Crippen LogP contribution in [0.4, 0.5) is 4.39 Å². The van der Waals surface area contributed by atoms with Crippen LogP contribution >= 0.6 is 15.9 Å². The highest BCUT2D eigenvalue weighted by Crippen LogP contribution is 2.24. The Labute approximate surface area is 125 Å². The lowest BCUT2D eigenvalue weighted by molar-refractivity contribution is 0.0739. The summed E-state index contributed by atoms with van der Waals surface area (Å²) in [5, 5.41) is 0. The number of carbonyl (C=O) groups is 1. The summed E-state index contributed by atoms with van der Waals surface area (Å²) in [7, 11) is 1.65. The Morgan fingerprint density at radius 3 is 2.65 bits per heavy atom. The fraction of sp³-hybridized carbons (Fsp3) is 0.200. The Hall–Kier alpha value is -1.75. The number of aromatic nitrogens is 1. The summed E-state index contributed by atoms with van der Waals surface area (Å²) in [5.74, 6) is -0.523. The molecule has 104 valence electrons.